The molecule has 1 atom stereocenters. The summed E-state index contributed by atoms with van der Waals surface area (Å²) in [6.07, 6.45) is 3.31. The summed E-state index contributed by atoms with van der Waals surface area (Å²) in [6.45, 7) is 0.390. The van der Waals surface area contributed by atoms with Crippen molar-refractivity contribution < 1.29 is 13.2 Å². The van der Waals surface area contributed by atoms with Crippen LogP contribution in [0.2, 0.25) is 0 Å². The highest BCUT2D eigenvalue weighted by Gasteiger charge is 2.34. The number of aromatic nitrogens is 1. The molecule has 1 aliphatic rings. The van der Waals surface area contributed by atoms with Crippen LogP contribution in [0, 0.1) is 0 Å². The Hall–Kier alpha value is -2.03. The minimum absolute atomic E-state index is 0.307. The van der Waals surface area contributed by atoms with Crippen molar-refractivity contribution >= 4 is 53.4 Å². The second-order valence-corrected chi connectivity index (χ2v) is 9.49. The molecule has 0 spiro atoms. The van der Waals surface area contributed by atoms with Gasteiger partial charge < -0.3 is 5.32 Å². The molecule has 1 fully saturated rings. The van der Waals surface area contributed by atoms with Gasteiger partial charge in [-0.25, -0.2) is 13.4 Å². The highest BCUT2D eigenvalue weighted by atomic mass is 32.2. The fraction of sp³-hybridized carbons (Fsp3) is 0.333. The van der Waals surface area contributed by atoms with Gasteiger partial charge in [-0.3, -0.25) is 4.79 Å². The third-order valence-electron chi connectivity index (χ3n) is 4.70. The number of fused-ring (bicyclic) bond motifs is 3. The van der Waals surface area contributed by atoms with Gasteiger partial charge in [-0.05, 0) is 24.3 Å². The fourth-order valence-corrected chi connectivity index (χ4v) is 5.48. The molecule has 8 heteroatoms. The number of hydrogen-bond donors (Lipinski definition) is 1. The number of rotatable bonds is 3. The molecule has 0 bridgehead atoms. The summed E-state index contributed by atoms with van der Waals surface area (Å²) in [5.74, 6) is -0.307. The largest absolute Gasteiger partial charge is 0.301 e. The summed E-state index contributed by atoms with van der Waals surface area (Å²) in [5, 5.41) is 5.47. The van der Waals surface area contributed by atoms with Gasteiger partial charge in [0.05, 0.1) is 16.5 Å². The molecule has 2 aromatic carbocycles. The maximum absolute atomic E-state index is 12.7. The number of benzene rings is 2. The maximum Gasteiger partial charge on any atom is 0.244 e. The molecule has 3 aromatic rings. The average Bonchev–Trinajstić information content (AvgIpc) is 3.04. The number of anilines is 1. The first-order chi connectivity index (χ1) is 12.4. The molecular weight excluding hydrogens is 370 g/mol. The van der Waals surface area contributed by atoms with E-state index in [2.05, 4.69) is 10.3 Å². The predicted octanol–water partition coefficient (Wildman–Crippen LogP) is 3.20. The van der Waals surface area contributed by atoms with Crippen LogP contribution < -0.4 is 5.32 Å². The van der Waals surface area contributed by atoms with Gasteiger partial charge in [-0.15, -0.1) is 0 Å². The molecule has 26 heavy (non-hydrogen) atoms. The van der Waals surface area contributed by atoms with Crippen molar-refractivity contribution in [3.63, 3.8) is 0 Å². The average molecular weight is 390 g/mol. The van der Waals surface area contributed by atoms with Gasteiger partial charge in [0.15, 0.2) is 5.13 Å². The number of hydrogen-bond acceptors (Lipinski definition) is 5. The number of nitrogens with zero attached hydrogens (tertiary/aromatic N) is 2. The summed E-state index contributed by atoms with van der Waals surface area (Å²) in [6, 6.07) is 11.3. The Morgan fingerprint density at radius 2 is 2.04 bits per heavy atom. The highest BCUT2D eigenvalue weighted by Crippen LogP contribution is 2.32. The quantitative estimate of drug-likeness (QED) is 0.746. The van der Waals surface area contributed by atoms with Gasteiger partial charge >= 0.3 is 0 Å². The third kappa shape index (κ3) is 3.20. The van der Waals surface area contributed by atoms with Crippen molar-refractivity contribution in [1.82, 2.24) is 9.29 Å². The van der Waals surface area contributed by atoms with Crippen LogP contribution in [0.25, 0.3) is 21.0 Å². The van der Waals surface area contributed by atoms with Crippen molar-refractivity contribution in [2.45, 2.75) is 25.3 Å². The normalized spacial score (nSPS) is 19.0. The smallest absolute Gasteiger partial charge is 0.244 e. The van der Waals surface area contributed by atoms with E-state index < -0.39 is 16.1 Å². The zero-order chi connectivity index (χ0) is 18.3. The molecule has 2 heterocycles. The second kappa shape index (κ2) is 6.61. The Morgan fingerprint density at radius 1 is 1.23 bits per heavy atom. The van der Waals surface area contributed by atoms with Crippen LogP contribution in [0.3, 0.4) is 0 Å². The van der Waals surface area contributed by atoms with E-state index in [1.54, 1.807) is 0 Å². The molecule has 1 saturated heterocycles. The van der Waals surface area contributed by atoms with E-state index in [0.29, 0.717) is 18.1 Å². The van der Waals surface area contributed by atoms with Crippen molar-refractivity contribution in [3.8, 4) is 0 Å². The van der Waals surface area contributed by atoms with Gasteiger partial charge in [0.25, 0.3) is 0 Å². The van der Waals surface area contributed by atoms with Crippen LogP contribution in [-0.2, 0) is 14.8 Å². The van der Waals surface area contributed by atoms with Crippen LogP contribution in [0.5, 0.6) is 0 Å². The molecule has 0 saturated carbocycles. The second-order valence-electron chi connectivity index (χ2n) is 6.53. The molecule has 1 aromatic heterocycles. The van der Waals surface area contributed by atoms with Crippen molar-refractivity contribution in [2.24, 2.45) is 0 Å². The number of carbonyl (C=O) groups excluding carboxylic acids is 1. The topological polar surface area (TPSA) is 79.4 Å². The molecule has 1 unspecified atom stereocenters. The van der Waals surface area contributed by atoms with Crippen LogP contribution >= 0.6 is 11.3 Å². The molecule has 1 N–H and O–H groups in total. The SMILES string of the molecule is CS(=O)(=O)N1CCCCC1C(=O)Nc1nc2c(ccc3ccccc32)s1. The van der Waals surface area contributed by atoms with Crippen LogP contribution in [0.1, 0.15) is 19.3 Å². The van der Waals surface area contributed by atoms with E-state index in [4.69, 9.17) is 0 Å². The molecule has 4 rings (SSSR count). The summed E-state index contributed by atoms with van der Waals surface area (Å²) in [7, 11) is -3.41. The molecule has 0 radical (unpaired) electrons. The molecule has 136 valence electrons. The Balaban J connectivity index is 1.64. The molecule has 1 amide bonds. The molecular formula is C18H19N3O3S2. The van der Waals surface area contributed by atoms with E-state index in [-0.39, 0.29) is 5.91 Å². The number of piperidine rings is 1. The minimum Gasteiger partial charge on any atom is -0.301 e. The molecule has 6 nitrogen and oxygen atoms in total. The summed E-state index contributed by atoms with van der Waals surface area (Å²) < 4.78 is 26.2. The number of nitrogens with one attached hydrogen (secondary N) is 1. The zero-order valence-electron chi connectivity index (χ0n) is 14.3. The summed E-state index contributed by atoms with van der Waals surface area (Å²) in [5.41, 5.74) is 0.854. The first kappa shape index (κ1) is 17.4. The highest BCUT2D eigenvalue weighted by molar-refractivity contribution is 7.88. The number of thiazole rings is 1. The molecule has 0 aliphatic carbocycles. The van der Waals surface area contributed by atoms with Gasteiger partial charge in [0.1, 0.15) is 6.04 Å². The van der Waals surface area contributed by atoms with Gasteiger partial charge in [-0.2, -0.15) is 4.31 Å². The zero-order valence-corrected chi connectivity index (χ0v) is 15.9. The van der Waals surface area contributed by atoms with Crippen LogP contribution in [0.15, 0.2) is 36.4 Å². The van der Waals surface area contributed by atoms with E-state index in [1.165, 1.54) is 15.6 Å². The lowest BCUT2D eigenvalue weighted by Gasteiger charge is -2.32. The number of sulfonamides is 1. The maximum atomic E-state index is 12.7. The summed E-state index contributed by atoms with van der Waals surface area (Å²) >= 11 is 1.40. The first-order valence-corrected chi connectivity index (χ1v) is 11.2. The monoisotopic (exact) mass is 389 g/mol. The van der Waals surface area contributed by atoms with E-state index in [9.17, 15) is 13.2 Å². The summed E-state index contributed by atoms with van der Waals surface area (Å²) in [4.78, 5) is 17.3. The van der Waals surface area contributed by atoms with Crippen LogP contribution in [0.4, 0.5) is 5.13 Å². The van der Waals surface area contributed by atoms with Crippen molar-refractivity contribution in [2.75, 3.05) is 18.1 Å². The lowest BCUT2D eigenvalue weighted by atomic mass is 10.0. The lowest BCUT2D eigenvalue weighted by molar-refractivity contribution is -0.120. The Morgan fingerprint density at radius 3 is 2.85 bits per heavy atom. The minimum atomic E-state index is -3.41. The standard InChI is InChI=1S/C18H19N3O3S2/c1-26(23,24)21-11-5-4-8-14(21)17(22)20-18-19-16-13-7-3-2-6-12(13)9-10-15(16)25-18/h2-3,6-7,9-10,14H,4-5,8,11H2,1H3,(H,19,20,22). The number of amides is 1. The first-order valence-electron chi connectivity index (χ1n) is 8.49. The predicted molar refractivity (Wildman–Crippen MR) is 105 cm³/mol. The lowest BCUT2D eigenvalue weighted by Crippen LogP contribution is -2.49. The van der Waals surface area contributed by atoms with Gasteiger partial charge in [0, 0.05) is 11.9 Å². The molecule has 1 aliphatic heterocycles. The Labute approximate surface area is 155 Å². The van der Waals surface area contributed by atoms with Crippen LogP contribution in [-0.4, -0.2) is 42.5 Å². The fourth-order valence-electron chi connectivity index (χ4n) is 3.47. The van der Waals surface area contributed by atoms with E-state index in [1.807, 2.05) is 36.4 Å². The number of carbonyl (C=O) groups is 1. The third-order valence-corrected chi connectivity index (χ3v) is 6.92. The van der Waals surface area contributed by atoms with E-state index >= 15 is 0 Å². The van der Waals surface area contributed by atoms with Crippen molar-refractivity contribution in [1.29, 1.82) is 0 Å². The van der Waals surface area contributed by atoms with Crippen molar-refractivity contribution in [3.05, 3.63) is 36.4 Å². The van der Waals surface area contributed by atoms with E-state index in [0.717, 1.165) is 40.1 Å². The Bertz CT molecular complexity index is 1090. The Kier molecular flexibility index (Phi) is 4.42. The van der Waals surface area contributed by atoms with Gasteiger partial charge in [0.2, 0.25) is 15.9 Å². The van der Waals surface area contributed by atoms with Gasteiger partial charge in [-0.1, -0.05) is 48.1 Å².